The summed E-state index contributed by atoms with van der Waals surface area (Å²) in [6.45, 7) is 2.19. The molecule has 0 aromatic rings. The van der Waals surface area contributed by atoms with Gasteiger partial charge in [0.25, 0.3) is 0 Å². The van der Waals surface area contributed by atoms with Gasteiger partial charge >= 0.3 is 29.6 Å². The molecule has 1 unspecified atom stereocenters. The van der Waals surface area contributed by atoms with Crippen molar-refractivity contribution in [2.45, 2.75) is 83.7 Å². The fourth-order valence-electron chi connectivity index (χ4n) is 2.11. The van der Waals surface area contributed by atoms with Crippen LogP contribution in [0.3, 0.4) is 0 Å². The Bertz CT molecular complexity index is 301. The number of carbonyl (C=O) groups excluding carboxylic acids is 1. The Morgan fingerprint density at radius 1 is 0.955 bits per heavy atom. The van der Waals surface area contributed by atoms with Gasteiger partial charge in [0.1, 0.15) is 0 Å². The van der Waals surface area contributed by atoms with E-state index in [2.05, 4.69) is 13.0 Å². The van der Waals surface area contributed by atoms with E-state index in [0.29, 0.717) is 0 Å². The van der Waals surface area contributed by atoms with Gasteiger partial charge in [-0.2, -0.15) is 0 Å². The van der Waals surface area contributed by atoms with Crippen molar-refractivity contribution in [3.05, 3.63) is 24.3 Å². The van der Waals surface area contributed by atoms with Gasteiger partial charge in [-0.15, -0.1) is 0 Å². The Morgan fingerprint density at radius 2 is 1.45 bits per heavy atom. The van der Waals surface area contributed by atoms with E-state index in [1.165, 1.54) is 19.3 Å². The van der Waals surface area contributed by atoms with Crippen LogP contribution in [0.4, 0.5) is 0 Å². The summed E-state index contributed by atoms with van der Waals surface area (Å²) in [5.41, 5.74) is 0. The molecule has 0 rings (SSSR count). The monoisotopic (exact) mass is 318 g/mol. The molecule has 0 aliphatic heterocycles. The van der Waals surface area contributed by atoms with Crippen LogP contribution in [0.15, 0.2) is 24.3 Å². The van der Waals surface area contributed by atoms with E-state index < -0.39 is 12.1 Å². The molecule has 0 radical (unpaired) electrons. The molecule has 0 aromatic heterocycles. The number of hydrogen-bond donors (Lipinski definition) is 1. The van der Waals surface area contributed by atoms with Gasteiger partial charge in [0.15, 0.2) is 0 Å². The second kappa shape index (κ2) is 19.0. The average Bonchev–Trinajstić information content (AvgIpc) is 2.45. The summed E-state index contributed by atoms with van der Waals surface area (Å²) in [6, 6.07) is 0. The summed E-state index contributed by atoms with van der Waals surface area (Å²) in [6.07, 6.45) is 18.1. The molecule has 0 bridgehead atoms. The van der Waals surface area contributed by atoms with Gasteiger partial charge < -0.3 is 15.0 Å². The van der Waals surface area contributed by atoms with E-state index in [9.17, 15) is 15.0 Å². The maximum absolute atomic E-state index is 10.2. The molecule has 0 spiro atoms. The van der Waals surface area contributed by atoms with Crippen molar-refractivity contribution >= 4 is 5.97 Å². The number of aliphatic hydroxyl groups is 1. The van der Waals surface area contributed by atoms with E-state index in [4.69, 9.17) is 0 Å². The molecule has 1 atom stereocenters. The Balaban J connectivity index is 0. The van der Waals surface area contributed by atoms with Crippen LogP contribution in [0.5, 0.6) is 0 Å². The summed E-state index contributed by atoms with van der Waals surface area (Å²) >= 11 is 0. The first-order valence-corrected chi connectivity index (χ1v) is 8.38. The average molecular weight is 318 g/mol. The largest absolute Gasteiger partial charge is 1.00 e. The first-order chi connectivity index (χ1) is 10.2. The fourth-order valence-corrected chi connectivity index (χ4v) is 2.11. The standard InChI is InChI=1S/C18H32O3.Na/c1-2-3-4-8-11-14-17(19)15-12-9-6-5-7-10-13-16-18(20)21;/h11-12,14-15,17,19H,2-10,13,16H2,1H3,(H,20,21);/q;+1/p-1/b14-11-,15-12-;. The summed E-state index contributed by atoms with van der Waals surface area (Å²) in [5, 5.41) is 19.9. The van der Waals surface area contributed by atoms with Crippen LogP contribution < -0.4 is 34.7 Å². The molecule has 0 saturated carbocycles. The smallest absolute Gasteiger partial charge is 0.550 e. The van der Waals surface area contributed by atoms with Crippen molar-refractivity contribution in [3.63, 3.8) is 0 Å². The second-order valence-electron chi connectivity index (χ2n) is 5.52. The van der Waals surface area contributed by atoms with Crippen molar-refractivity contribution in [2.75, 3.05) is 0 Å². The molecule has 0 heterocycles. The second-order valence-corrected chi connectivity index (χ2v) is 5.52. The van der Waals surface area contributed by atoms with Crippen LogP contribution in [0.25, 0.3) is 0 Å². The molecule has 0 aromatic carbocycles. The third-order valence-corrected chi connectivity index (χ3v) is 3.39. The zero-order valence-electron chi connectivity index (χ0n) is 14.4. The molecule has 0 aliphatic carbocycles. The summed E-state index contributed by atoms with van der Waals surface area (Å²) < 4.78 is 0. The number of aliphatic carboxylic acids is 1. The van der Waals surface area contributed by atoms with E-state index in [0.717, 1.165) is 44.9 Å². The minimum absolute atomic E-state index is 0. The number of carboxylic acids is 1. The fraction of sp³-hybridized carbons (Fsp3) is 0.722. The van der Waals surface area contributed by atoms with Crippen molar-refractivity contribution in [2.24, 2.45) is 0 Å². The normalized spacial score (nSPS) is 12.6. The van der Waals surface area contributed by atoms with E-state index in [1.54, 1.807) is 0 Å². The van der Waals surface area contributed by atoms with E-state index in [-0.39, 0.29) is 36.0 Å². The molecule has 0 saturated heterocycles. The third kappa shape index (κ3) is 19.9. The summed E-state index contributed by atoms with van der Waals surface area (Å²) in [7, 11) is 0. The summed E-state index contributed by atoms with van der Waals surface area (Å²) in [5.74, 6) is -0.949. The van der Waals surface area contributed by atoms with Gasteiger partial charge in [0.2, 0.25) is 0 Å². The van der Waals surface area contributed by atoms with Crippen LogP contribution in [0, 0.1) is 0 Å². The molecule has 3 nitrogen and oxygen atoms in total. The topological polar surface area (TPSA) is 60.4 Å². The molecule has 122 valence electrons. The van der Waals surface area contributed by atoms with Crippen LogP contribution >= 0.6 is 0 Å². The van der Waals surface area contributed by atoms with Crippen LogP contribution in [0.1, 0.15) is 77.6 Å². The zero-order chi connectivity index (χ0) is 15.8. The Morgan fingerprint density at radius 3 is 2.00 bits per heavy atom. The number of rotatable bonds is 14. The third-order valence-electron chi connectivity index (χ3n) is 3.39. The number of aliphatic hydroxyl groups excluding tert-OH is 1. The Kier molecular flexibility index (Phi) is 20.8. The Labute approximate surface area is 158 Å². The van der Waals surface area contributed by atoms with Crippen molar-refractivity contribution in [1.29, 1.82) is 0 Å². The Hall–Kier alpha value is -0.0900. The van der Waals surface area contributed by atoms with E-state index >= 15 is 0 Å². The van der Waals surface area contributed by atoms with Crippen LogP contribution in [-0.2, 0) is 4.79 Å². The number of allylic oxidation sites excluding steroid dienone is 2. The first kappa shape index (κ1) is 24.2. The first-order valence-electron chi connectivity index (χ1n) is 8.38. The van der Waals surface area contributed by atoms with Gasteiger partial charge in [-0.1, -0.05) is 63.3 Å². The van der Waals surface area contributed by atoms with Crippen LogP contribution in [0.2, 0.25) is 0 Å². The minimum Gasteiger partial charge on any atom is -0.550 e. The van der Waals surface area contributed by atoms with Gasteiger partial charge in [-0.25, -0.2) is 0 Å². The predicted octanol–water partition coefficient (Wildman–Crippen LogP) is 0.525. The van der Waals surface area contributed by atoms with Crippen molar-refractivity contribution in [1.82, 2.24) is 0 Å². The number of carbonyl (C=O) groups is 1. The minimum atomic E-state index is -0.949. The van der Waals surface area contributed by atoms with Gasteiger partial charge in [-0.05, 0) is 38.5 Å². The molecular weight excluding hydrogens is 287 g/mol. The molecule has 4 heteroatoms. The maximum atomic E-state index is 10.2. The molecule has 1 N–H and O–H groups in total. The maximum Gasteiger partial charge on any atom is 1.00 e. The van der Waals surface area contributed by atoms with E-state index in [1.807, 2.05) is 18.2 Å². The predicted molar refractivity (Wildman–Crippen MR) is 85.8 cm³/mol. The van der Waals surface area contributed by atoms with Gasteiger partial charge in [0.05, 0.1) is 6.10 Å². The van der Waals surface area contributed by atoms with Crippen molar-refractivity contribution < 1.29 is 44.6 Å². The quantitative estimate of drug-likeness (QED) is 0.289. The molecule has 0 fully saturated rings. The van der Waals surface area contributed by atoms with Gasteiger partial charge in [0, 0.05) is 5.97 Å². The summed E-state index contributed by atoms with van der Waals surface area (Å²) in [4.78, 5) is 10.2. The van der Waals surface area contributed by atoms with Crippen LogP contribution in [-0.4, -0.2) is 17.2 Å². The number of carboxylic acid groups (broad SMARTS) is 1. The SMILES string of the molecule is CCCCC/C=C\C(O)/C=C\CCCCCCCC(=O)[O-].[Na+]. The molecule has 22 heavy (non-hydrogen) atoms. The molecule has 0 aliphatic rings. The zero-order valence-corrected chi connectivity index (χ0v) is 16.4. The molecule has 0 amide bonds. The van der Waals surface area contributed by atoms with Crippen molar-refractivity contribution in [3.8, 4) is 0 Å². The number of unbranched alkanes of at least 4 members (excludes halogenated alkanes) is 8. The number of hydrogen-bond acceptors (Lipinski definition) is 3. The molecular formula is C18H31NaO3. The van der Waals surface area contributed by atoms with Gasteiger partial charge in [-0.3, -0.25) is 0 Å².